The van der Waals surface area contributed by atoms with E-state index in [0.29, 0.717) is 0 Å². The van der Waals surface area contributed by atoms with Crippen LogP contribution in [0.5, 0.6) is 0 Å². The van der Waals surface area contributed by atoms with Gasteiger partial charge in [-0.3, -0.25) is 0 Å². The maximum Gasteiger partial charge on any atom is 0.0587 e. The van der Waals surface area contributed by atoms with Crippen molar-refractivity contribution in [1.29, 1.82) is 0 Å². The van der Waals surface area contributed by atoms with E-state index in [1.807, 2.05) is 6.08 Å². The second kappa shape index (κ2) is 9.62. The maximum atomic E-state index is 4.87. The van der Waals surface area contributed by atoms with Crippen molar-refractivity contribution in [2.75, 3.05) is 39.9 Å². The van der Waals surface area contributed by atoms with Crippen molar-refractivity contribution in [3.05, 3.63) is 12.7 Å². The summed E-state index contributed by atoms with van der Waals surface area (Å²) in [6.45, 7) is 8.15. The molecule has 0 spiro atoms. The summed E-state index contributed by atoms with van der Waals surface area (Å²) in [4.78, 5) is 0. The van der Waals surface area contributed by atoms with Crippen LogP contribution in [-0.4, -0.2) is 39.9 Å². The Morgan fingerprint density at radius 2 is 2.00 bits per heavy atom. The third-order valence-electron chi connectivity index (χ3n) is 1.25. The third kappa shape index (κ3) is 9.62. The van der Waals surface area contributed by atoms with Gasteiger partial charge in [-0.1, -0.05) is 6.08 Å². The van der Waals surface area contributed by atoms with Crippen molar-refractivity contribution < 1.29 is 4.74 Å². The Hall–Kier alpha value is -0.380. The van der Waals surface area contributed by atoms with E-state index in [9.17, 15) is 0 Å². The van der Waals surface area contributed by atoms with E-state index in [1.54, 1.807) is 7.11 Å². The molecular weight excluding hydrogens is 140 g/mol. The average Bonchev–Trinajstić information content (AvgIpc) is 2.03. The molecule has 0 aromatic rings. The van der Waals surface area contributed by atoms with Crippen molar-refractivity contribution in [2.45, 2.75) is 0 Å². The van der Waals surface area contributed by atoms with Crippen molar-refractivity contribution in [2.24, 2.45) is 0 Å². The Balaban J connectivity index is 2.74. The molecule has 66 valence electrons. The number of nitrogens with one attached hydrogen (secondary N) is 2. The molecule has 0 aliphatic rings. The van der Waals surface area contributed by atoms with Crippen molar-refractivity contribution in [3.8, 4) is 0 Å². The largest absolute Gasteiger partial charge is 0.383 e. The predicted octanol–water partition coefficient (Wildman–Crippen LogP) is -0.00200. The Bertz CT molecular complexity index is 86.2. The minimum absolute atomic E-state index is 0.779. The van der Waals surface area contributed by atoms with E-state index in [2.05, 4.69) is 17.2 Å². The van der Waals surface area contributed by atoms with Crippen LogP contribution in [0.2, 0.25) is 0 Å². The van der Waals surface area contributed by atoms with Crippen LogP contribution in [0.25, 0.3) is 0 Å². The van der Waals surface area contributed by atoms with Gasteiger partial charge in [-0.15, -0.1) is 6.58 Å². The molecule has 0 bridgehead atoms. The summed E-state index contributed by atoms with van der Waals surface area (Å²) < 4.78 is 4.87. The van der Waals surface area contributed by atoms with Gasteiger partial charge in [-0.05, 0) is 0 Å². The molecule has 0 amide bonds. The summed E-state index contributed by atoms with van der Waals surface area (Å²) in [7, 11) is 1.71. The van der Waals surface area contributed by atoms with Crippen LogP contribution in [0.4, 0.5) is 0 Å². The Morgan fingerprint density at radius 3 is 2.64 bits per heavy atom. The lowest BCUT2D eigenvalue weighted by molar-refractivity contribution is 0.199. The highest BCUT2D eigenvalue weighted by molar-refractivity contribution is 4.69. The fourth-order valence-corrected chi connectivity index (χ4v) is 0.680. The molecule has 0 unspecified atom stereocenters. The first-order chi connectivity index (χ1) is 5.41. The van der Waals surface area contributed by atoms with Gasteiger partial charge in [0.25, 0.3) is 0 Å². The van der Waals surface area contributed by atoms with Gasteiger partial charge in [-0.2, -0.15) is 0 Å². The zero-order chi connectivity index (χ0) is 8.36. The second-order valence-corrected chi connectivity index (χ2v) is 2.24. The lowest BCUT2D eigenvalue weighted by Crippen LogP contribution is -2.29. The zero-order valence-corrected chi connectivity index (χ0v) is 7.23. The quantitative estimate of drug-likeness (QED) is 0.385. The lowest BCUT2D eigenvalue weighted by Gasteiger charge is -2.03. The zero-order valence-electron chi connectivity index (χ0n) is 7.23. The molecule has 0 fully saturated rings. The lowest BCUT2D eigenvalue weighted by atomic mass is 10.5. The van der Waals surface area contributed by atoms with Crippen LogP contribution in [0, 0.1) is 0 Å². The number of methoxy groups -OCH3 is 1. The number of hydrogen-bond donors (Lipinski definition) is 2. The van der Waals surface area contributed by atoms with E-state index < -0.39 is 0 Å². The van der Waals surface area contributed by atoms with Crippen molar-refractivity contribution in [3.63, 3.8) is 0 Å². The normalized spacial score (nSPS) is 9.91. The van der Waals surface area contributed by atoms with Crippen LogP contribution in [0.1, 0.15) is 0 Å². The van der Waals surface area contributed by atoms with Crippen LogP contribution >= 0.6 is 0 Å². The van der Waals surface area contributed by atoms with Crippen LogP contribution < -0.4 is 10.6 Å². The number of ether oxygens (including phenoxy) is 1. The predicted molar refractivity (Wildman–Crippen MR) is 47.8 cm³/mol. The molecule has 0 aliphatic heterocycles. The SMILES string of the molecule is C=CCNCCNCCOC. The average molecular weight is 158 g/mol. The smallest absolute Gasteiger partial charge is 0.0587 e. The number of rotatable bonds is 8. The molecule has 0 heterocycles. The summed E-state index contributed by atoms with van der Waals surface area (Å²) in [5, 5.41) is 6.41. The molecule has 0 aliphatic carbocycles. The first kappa shape index (κ1) is 10.6. The minimum Gasteiger partial charge on any atom is -0.383 e. The van der Waals surface area contributed by atoms with Gasteiger partial charge in [0, 0.05) is 33.3 Å². The van der Waals surface area contributed by atoms with Crippen molar-refractivity contribution in [1.82, 2.24) is 10.6 Å². The molecule has 0 saturated heterocycles. The minimum atomic E-state index is 0.779. The highest BCUT2D eigenvalue weighted by Crippen LogP contribution is 1.64. The van der Waals surface area contributed by atoms with Gasteiger partial charge in [0.2, 0.25) is 0 Å². The third-order valence-corrected chi connectivity index (χ3v) is 1.25. The maximum absolute atomic E-state index is 4.87. The highest BCUT2D eigenvalue weighted by Gasteiger charge is 1.84. The van der Waals surface area contributed by atoms with Crippen molar-refractivity contribution >= 4 is 0 Å². The highest BCUT2D eigenvalue weighted by atomic mass is 16.5. The summed E-state index contributed by atoms with van der Waals surface area (Å²) in [6.07, 6.45) is 1.86. The van der Waals surface area contributed by atoms with E-state index in [1.165, 1.54) is 0 Å². The van der Waals surface area contributed by atoms with Gasteiger partial charge in [0.1, 0.15) is 0 Å². The fourth-order valence-electron chi connectivity index (χ4n) is 0.680. The molecule has 11 heavy (non-hydrogen) atoms. The van der Waals surface area contributed by atoms with Gasteiger partial charge in [0.05, 0.1) is 6.61 Å². The molecule has 3 heteroatoms. The van der Waals surface area contributed by atoms with Crippen LogP contribution in [-0.2, 0) is 4.74 Å². The van der Waals surface area contributed by atoms with Gasteiger partial charge in [-0.25, -0.2) is 0 Å². The standard InChI is InChI=1S/C8H18N2O/c1-3-4-9-5-6-10-7-8-11-2/h3,9-10H,1,4-8H2,2H3. The Morgan fingerprint density at radius 1 is 1.27 bits per heavy atom. The second-order valence-electron chi connectivity index (χ2n) is 2.24. The van der Waals surface area contributed by atoms with Gasteiger partial charge < -0.3 is 15.4 Å². The molecule has 2 N–H and O–H groups in total. The van der Waals surface area contributed by atoms with E-state index in [4.69, 9.17) is 4.74 Å². The van der Waals surface area contributed by atoms with Crippen LogP contribution in [0.15, 0.2) is 12.7 Å². The van der Waals surface area contributed by atoms with Gasteiger partial charge >= 0.3 is 0 Å². The number of hydrogen-bond acceptors (Lipinski definition) is 3. The molecule has 0 radical (unpaired) electrons. The first-order valence-corrected chi connectivity index (χ1v) is 3.93. The molecular formula is C8H18N2O. The summed E-state index contributed by atoms with van der Waals surface area (Å²) in [5.41, 5.74) is 0. The first-order valence-electron chi connectivity index (χ1n) is 3.93. The molecule has 0 saturated carbocycles. The Kier molecular flexibility index (Phi) is 9.29. The molecule has 3 nitrogen and oxygen atoms in total. The summed E-state index contributed by atoms with van der Waals surface area (Å²) in [5.74, 6) is 0. The summed E-state index contributed by atoms with van der Waals surface area (Å²) >= 11 is 0. The van der Waals surface area contributed by atoms with Gasteiger partial charge in [0.15, 0.2) is 0 Å². The van der Waals surface area contributed by atoms with E-state index in [0.717, 1.165) is 32.8 Å². The topological polar surface area (TPSA) is 33.3 Å². The molecule has 0 aromatic heterocycles. The fraction of sp³-hybridized carbons (Fsp3) is 0.750. The van der Waals surface area contributed by atoms with E-state index in [-0.39, 0.29) is 0 Å². The molecule has 0 rings (SSSR count). The molecule has 0 aromatic carbocycles. The molecule has 0 atom stereocenters. The summed E-state index contributed by atoms with van der Waals surface area (Å²) in [6, 6.07) is 0. The van der Waals surface area contributed by atoms with E-state index >= 15 is 0 Å². The Labute approximate surface area is 68.8 Å². The monoisotopic (exact) mass is 158 g/mol. The van der Waals surface area contributed by atoms with Crippen LogP contribution in [0.3, 0.4) is 0 Å².